The lowest BCUT2D eigenvalue weighted by molar-refractivity contribution is 0.761. The highest BCUT2D eigenvalue weighted by Crippen LogP contribution is 1.78. The Balaban J connectivity index is 0.000000127. The molecule has 2 aromatic rings. The average molecular weight is 170 g/mol. The van der Waals surface area contributed by atoms with E-state index >= 15 is 0 Å². The van der Waals surface area contributed by atoms with E-state index in [4.69, 9.17) is 11.6 Å². The minimum atomic E-state index is 0.111. The number of aromatic amines is 1. The second kappa shape index (κ2) is 3.80. The van der Waals surface area contributed by atoms with Gasteiger partial charge in [-0.1, -0.05) is 10.3 Å². The van der Waals surface area contributed by atoms with Crippen molar-refractivity contribution in [2.24, 2.45) is 0 Å². The Bertz CT molecular complexity index is 260. The zero-order valence-corrected chi connectivity index (χ0v) is 5.86. The largest absolute Gasteiger partial charge is 0.365 e. The first-order chi connectivity index (χ1) is 5.80. The summed E-state index contributed by atoms with van der Waals surface area (Å²) >= 11 is 0. The number of nitrogens with one attached hydrogen (secondary N) is 1. The van der Waals surface area contributed by atoms with Crippen LogP contribution in [0.15, 0.2) is 6.33 Å². The molecule has 2 rings (SSSR count). The molecule has 0 fully saturated rings. The molecule has 2 aromatic heterocycles. The molecule has 0 saturated carbocycles. The van der Waals surface area contributed by atoms with E-state index in [0.29, 0.717) is 0 Å². The summed E-state index contributed by atoms with van der Waals surface area (Å²) in [4.78, 5) is 0.889. The maximum atomic E-state index is 5.04. The summed E-state index contributed by atoms with van der Waals surface area (Å²) < 4.78 is 0. The van der Waals surface area contributed by atoms with E-state index in [2.05, 4.69) is 36.1 Å². The van der Waals surface area contributed by atoms with Gasteiger partial charge in [-0.25, -0.2) is 0 Å². The van der Waals surface area contributed by atoms with Crippen LogP contribution in [-0.2, 0) is 0 Å². The molecule has 10 heteroatoms. The van der Waals surface area contributed by atoms with Gasteiger partial charge in [-0.05, 0) is 10.4 Å². The summed E-state index contributed by atoms with van der Waals surface area (Å²) in [6.45, 7) is 0. The lowest BCUT2D eigenvalue weighted by atomic mass is 11.1. The summed E-state index contributed by atoms with van der Waals surface area (Å²) in [6, 6.07) is 0. The number of hydrogen-bond acceptors (Lipinski definition) is 8. The number of nitrogens with two attached hydrogens (primary N) is 2. The Kier molecular flexibility index (Phi) is 2.48. The highest BCUT2D eigenvalue weighted by Gasteiger charge is 1.89. The van der Waals surface area contributed by atoms with Crippen molar-refractivity contribution < 1.29 is 0 Å². The predicted molar refractivity (Wildman–Crippen MR) is 36.6 cm³/mol. The third kappa shape index (κ3) is 2.17. The fraction of sp³-hybridized carbons (Fsp3) is 0. The number of nitrogen functional groups attached to an aromatic ring is 2. The molecule has 0 aliphatic heterocycles. The molecule has 0 spiro atoms. The normalized spacial score (nSPS) is 8.67. The number of anilines is 1. The first-order valence-electron chi connectivity index (χ1n) is 2.76. The molecule has 0 amide bonds. The lowest BCUT2D eigenvalue weighted by Gasteiger charge is -1.82. The van der Waals surface area contributed by atoms with Crippen LogP contribution in [0, 0.1) is 0 Å². The maximum absolute atomic E-state index is 5.04. The van der Waals surface area contributed by atoms with Crippen LogP contribution < -0.4 is 11.6 Å². The van der Waals surface area contributed by atoms with E-state index in [1.807, 2.05) is 0 Å². The van der Waals surface area contributed by atoms with E-state index in [-0.39, 0.29) is 5.95 Å². The second-order valence-electron chi connectivity index (χ2n) is 1.54. The third-order valence-electron chi connectivity index (χ3n) is 0.788. The van der Waals surface area contributed by atoms with E-state index < -0.39 is 0 Å². The van der Waals surface area contributed by atoms with Gasteiger partial charge in [0.15, 0.2) is 6.33 Å². The molecule has 0 atom stereocenters. The highest BCUT2D eigenvalue weighted by molar-refractivity contribution is 5.09. The number of H-pyrrole nitrogens is 1. The number of nitrogens with zero attached hydrogens (tertiary/aromatic N) is 7. The van der Waals surface area contributed by atoms with Gasteiger partial charge in [0, 0.05) is 0 Å². The summed E-state index contributed by atoms with van der Waals surface area (Å²) in [5.74, 6) is 5.11. The average Bonchev–Trinajstić information content (AvgIpc) is 2.67. The number of aromatic nitrogens is 8. The van der Waals surface area contributed by atoms with Gasteiger partial charge in [-0.2, -0.15) is 5.21 Å². The van der Waals surface area contributed by atoms with Gasteiger partial charge in [-0.3, -0.25) is 0 Å². The van der Waals surface area contributed by atoms with Crippen LogP contribution in [0.25, 0.3) is 0 Å². The van der Waals surface area contributed by atoms with E-state index in [0.717, 1.165) is 4.79 Å². The molecule has 0 bridgehead atoms. The zero-order valence-electron chi connectivity index (χ0n) is 5.86. The molecule has 12 heavy (non-hydrogen) atoms. The third-order valence-corrected chi connectivity index (χ3v) is 0.788. The SMILES string of the molecule is Nc1nnnn1N.c1nn[nH]n1. The summed E-state index contributed by atoms with van der Waals surface area (Å²) in [7, 11) is 0. The fourth-order valence-electron chi connectivity index (χ4n) is 0.330. The van der Waals surface area contributed by atoms with Crippen LogP contribution in [0.5, 0.6) is 0 Å². The molecule has 10 nitrogen and oxygen atoms in total. The smallest absolute Gasteiger partial charge is 0.260 e. The molecule has 0 saturated heterocycles. The van der Waals surface area contributed by atoms with Crippen molar-refractivity contribution in [2.45, 2.75) is 0 Å². The Hall–Kier alpha value is -2.26. The minimum Gasteiger partial charge on any atom is -0.365 e. The zero-order chi connectivity index (χ0) is 8.81. The van der Waals surface area contributed by atoms with Crippen molar-refractivity contribution in [1.82, 2.24) is 40.9 Å². The Morgan fingerprint density at radius 2 is 2.33 bits per heavy atom. The monoisotopic (exact) mass is 170 g/mol. The number of rotatable bonds is 0. The van der Waals surface area contributed by atoms with Crippen LogP contribution in [-0.4, -0.2) is 40.9 Å². The molecule has 5 N–H and O–H groups in total. The second-order valence-corrected chi connectivity index (χ2v) is 1.54. The van der Waals surface area contributed by atoms with Gasteiger partial charge in [0.1, 0.15) is 0 Å². The van der Waals surface area contributed by atoms with Gasteiger partial charge in [0.25, 0.3) is 5.95 Å². The van der Waals surface area contributed by atoms with Gasteiger partial charge < -0.3 is 11.6 Å². The van der Waals surface area contributed by atoms with Gasteiger partial charge in [-0.15, -0.1) is 15.0 Å². The van der Waals surface area contributed by atoms with Crippen LogP contribution in [0.2, 0.25) is 0 Å². The molecular formula is C2H6N10. The van der Waals surface area contributed by atoms with Crippen LogP contribution in [0.1, 0.15) is 0 Å². The number of tetrazole rings is 2. The minimum absolute atomic E-state index is 0.111. The molecule has 0 radical (unpaired) electrons. The Labute approximate surface area is 65.9 Å². The Morgan fingerprint density at radius 3 is 2.50 bits per heavy atom. The quantitative estimate of drug-likeness (QED) is 0.358. The van der Waals surface area contributed by atoms with E-state index in [1.165, 1.54) is 6.33 Å². The lowest BCUT2D eigenvalue weighted by Crippen LogP contribution is -2.13. The predicted octanol–water partition coefficient (Wildman–Crippen LogP) is -2.83. The van der Waals surface area contributed by atoms with Gasteiger partial charge in [0.05, 0.1) is 0 Å². The first kappa shape index (κ1) is 7.84. The summed E-state index contributed by atoms with van der Waals surface area (Å²) in [5, 5.41) is 21.8. The fourth-order valence-corrected chi connectivity index (χ4v) is 0.330. The van der Waals surface area contributed by atoms with Crippen molar-refractivity contribution in [3.63, 3.8) is 0 Å². The van der Waals surface area contributed by atoms with Gasteiger partial charge >= 0.3 is 0 Å². The maximum Gasteiger partial charge on any atom is 0.260 e. The molecule has 64 valence electrons. The standard InChI is InChI=1S/CH4N6.CH2N4/c2-1-4-5-6-7(1)3;1-2-4-5-3-1/h3H2,(H2,2,4,6);1H,(H,2,3,4,5). The first-order valence-corrected chi connectivity index (χ1v) is 2.76. The molecular weight excluding hydrogens is 164 g/mol. The van der Waals surface area contributed by atoms with Crippen molar-refractivity contribution in [2.75, 3.05) is 11.6 Å². The summed E-state index contributed by atoms with van der Waals surface area (Å²) in [5.41, 5.74) is 5.04. The van der Waals surface area contributed by atoms with Crippen molar-refractivity contribution in [1.29, 1.82) is 0 Å². The van der Waals surface area contributed by atoms with Crippen molar-refractivity contribution in [3.05, 3.63) is 6.33 Å². The molecule has 2 heterocycles. The van der Waals surface area contributed by atoms with E-state index in [9.17, 15) is 0 Å². The molecule has 0 unspecified atom stereocenters. The van der Waals surface area contributed by atoms with Crippen LogP contribution >= 0.6 is 0 Å². The summed E-state index contributed by atoms with van der Waals surface area (Å²) in [6.07, 6.45) is 1.33. The number of hydrogen-bond donors (Lipinski definition) is 3. The molecule has 0 aliphatic carbocycles. The highest BCUT2D eigenvalue weighted by atomic mass is 15.7. The molecule has 0 aromatic carbocycles. The van der Waals surface area contributed by atoms with Crippen molar-refractivity contribution >= 4 is 5.95 Å². The van der Waals surface area contributed by atoms with Crippen LogP contribution in [0.4, 0.5) is 5.95 Å². The molecule has 0 aliphatic rings. The van der Waals surface area contributed by atoms with E-state index in [1.54, 1.807) is 0 Å². The topological polar surface area (TPSA) is 150 Å². The van der Waals surface area contributed by atoms with Crippen LogP contribution in [0.3, 0.4) is 0 Å². The Morgan fingerprint density at radius 1 is 1.50 bits per heavy atom. The van der Waals surface area contributed by atoms with Gasteiger partial charge in [0.2, 0.25) is 0 Å². The van der Waals surface area contributed by atoms with Crippen molar-refractivity contribution in [3.8, 4) is 0 Å².